The molecule has 0 heterocycles. The Bertz CT molecular complexity index is 410. The van der Waals surface area contributed by atoms with Crippen molar-refractivity contribution >= 4 is 5.71 Å². The Balaban J connectivity index is 1.85. The maximum Gasteiger partial charge on any atom is 0.0720 e. The highest BCUT2D eigenvalue weighted by Crippen LogP contribution is 2.20. The second kappa shape index (κ2) is 6.01. The van der Waals surface area contributed by atoms with E-state index in [2.05, 4.69) is 37.2 Å². The molecule has 0 amide bonds. The van der Waals surface area contributed by atoms with Gasteiger partial charge in [-0.3, -0.25) is 0 Å². The van der Waals surface area contributed by atoms with Crippen LogP contribution in [0, 0.1) is 13.8 Å². The molecule has 0 bridgehead atoms. The summed E-state index contributed by atoms with van der Waals surface area (Å²) in [6.45, 7) is 4.90. The van der Waals surface area contributed by atoms with Crippen LogP contribution in [0.4, 0.5) is 0 Å². The second-order valence-electron chi connectivity index (χ2n) is 5.17. The third-order valence-electron chi connectivity index (χ3n) is 3.42. The van der Waals surface area contributed by atoms with Crippen LogP contribution in [0.2, 0.25) is 0 Å². The zero-order chi connectivity index (χ0) is 13.0. The first-order valence-electron chi connectivity index (χ1n) is 6.56. The number of aryl methyl sites for hydroxylation is 2. The van der Waals surface area contributed by atoms with Gasteiger partial charge < -0.3 is 9.94 Å². The van der Waals surface area contributed by atoms with Gasteiger partial charge in [-0.05, 0) is 45.1 Å². The van der Waals surface area contributed by atoms with Crippen molar-refractivity contribution in [2.75, 3.05) is 0 Å². The summed E-state index contributed by atoms with van der Waals surface area (Å²) in [6.07, 6.45) is 3.94. The van der Waals surface area contributed by atoms with Crippen LogP contribution >= 0.6 is 0 Å². The van der Waals surface area contributed by atoms with Gasteiger partial charge in [-0.15, -0.1) is 0 Å². The predicted molar refractivity (Wildman–Crippen MR) is 72.2 cm³/mol. The minimum Gasteiger partial charge on any atom is -0.411 e. The quantitative estimate of drug-likeness (QED) is 0.655. The number of benzene rings is 1. The molecule has 0 spiro atoms. The van der Waals surface area contributed by atoms with Crippen molar-refractivity contribution in [1.82, 2.24) is 0 Å². The van der Waals surface area contributed by atoms with Crippen molar-refractivity contribution in [2.45, 2.75) is 52.2 Å². The molecule has 1 saturated carbocycles. The number of rotatable bonds is 3. The zero-order valence-corrected chi connectivity index (χ0v) is 11.1. The molecule has 1 aromatic carbocycles. The van der Waals surface area contributed by atoms with E-state index in [9.17, 15) is 0 Å². The molecule has 98 valence electrons. The first kappa shape index (κ1) is 13.1. The van der Waals surface area contributed by atoms with E-state index in [4.69, 9.17) is 9.94 Å². The van der Waals surface area contributed by atoms with E-state index >= 15 is 0 Å². The summed E-state index contributed by atoms with van der Waals surface area (Å²) in [5.41, 5.74) is 4.72. The van der Waals surface area contributed by atoms with Gasteiger partial charge in [0.25, 0.3) is 0 Å². The average molecular weight is 247 g/mol. The van der Waals surface area contributed by atoms with Crippen LogP contribution < -0.4 is 0 Å². The maximum absolute atomic E-state index is 8.69. The van der Waals surface area contributed by atoms with Crippen molar-refractivity contribution in [3.8, 4) is 0 Å². The molecule has 0 unspecified atom stereocenters. The molecule has 0 radical (unpaired) electrons. The summed E-state index contributed by atoms with van der Waals surface area (Å²) in [7, 11) is 0. The fraction of sp³-hybridized carbons (Fsp3) is 0.533. The van der Waals surface area contributed by atoms with Gasteiger partial charge in [0, 0.05) is 0 Å². The van der Waals surface area contributed by atoms with Crippen molar-refractivity contribution in [3.63, 3.8) is 0 Å². The molecule has 18 heavy (non-hydrogen) atoms. The van der Waals surface area contributed by atoms with Crippen LogP contribution in [0.3, 0.4) is 0 Å². The Morgan fingerprint density at radius 3 is 2.33 bits per heavy atom. The molecule has 1 N–H and O–H groups in total. The third kappa shape index (κ3) is 3.57. The lowest BCUT2D eigenvalue weighted by Crippen LogP contribution is -2.21. The average Bonchev–Trinajstić information content (AvgIpc) is 2.36. The molecule has 3 nitrogen and oxygen atoms in total. The highest BCUT2D eigenvalue weighted by Gasteiger charge is 2.18. The van der Waals surface area contributed by atoms with E-state index < -0.39 is 0 Å². The smallest absolute Gasteiger partial charge is 0.0720 e. The fourth-order valence-electron chi connectivity index (χ4n) is 2.56. The van der Waals surface area contributed by atoms with Crippen molar-refractivity contribution in [2.24, 2.45) is 5.16 Å². The molecule has 1 fully saturated rings. The number of nitrogens with zero attached hydrogens (tertiary/aromatic N) is 1. The highest BCUT2D eigenvalue weighted by molar-refractivity contribution is 5.84. The van der Waals surface area contributed by atoms with Crippen molar-refractivity contribution in [1.29, 1.82) is 0 Å². The van der Waals surface area contributed by atoms with Gasteiger partial charge in [0.05, 0.1) is 18.4 Å². The Hall–Kier alpha value is -1.35. The monoisotopic (exact) mass is 247 g/mol. The molecule has 0 aliphatic heterocycles. The standard InChI is InChI=1S/C15H21NO2/c1-11-7-12(2)9-13(8-11)10-18-15-5-3-14(16-17)4-6-15/h7-9,15,17H,3-6,10H2,1-2H3. The van der Waals surface area contributed by atoms with Gasteiger partial charge in [-0.2, -0.15) is 0 Å². The van der Waals surface area contributed by atoms with Crippen molar-refractivity contribution < 1.29 is 9.94 Å². The molecule has 0 atom stereocenters. The lowest BCUT2D eigenvalue weighted by molar-refractivity contribution is 0.0277. The van der Waals surface area contributed by atoms with Crippen LogP contribution in [-0.4, -0.2) is 17.0 Å². The van der Waals surface area contributed by atoms with Crippen LogP contribution in [-0.2, 0) is 11.3 Å². The van der Waals surface area contributed by atoms with E-state index in [-0.39, 0.29) is 0 Å². The molecular formula is C15H21NO2. The van der Waals surface area contributed by atoms with Gasteiger partial charge in [-0.1, -0.05) is 34.5 Å². The number of ether oxygens (including phenoxy) is 1. The van der Waals surface area contributed by atoms with E-state index in [1.54, 1.807) is 0 Å². The van der Waals surface area contributed by atoms with E-state index in [1.807, 2.05) is 0 Å². The molecule has 0 saturated heterocycles. The van der Waals surface area contributed by atoms with Gasteiger partial charge in [-0.25, -0.2) is 0 Å². The summed E-state index contributed by atoms with van der Waals surface area (Å²) in [5, 5.41) is 12.0. The molecule has 0 aromatic heterocycles. The lowest BCUT2D eigenvalue weighted by Gasteiger charge is -2.22. The van der Waals surface area contributed by atoms with E-state index in [0.717, 1.165) is 31.4 Å². The molecule has 1 aliphatic carbocycles. The van der Waals surface area contributed by atoms with Crippen LogP contribution in [0.25, 0.3) is 0 Å². The predicted octanol–water partition coefficient (Wildman–Crippen LogP) is 3.59. The number of oxime groups is 1. The third-order valence-corrected chi connectivity index (χ3v) is 3.42. The summed E-state index contributed by atoms with van der Waals surface area (Å²) >= 11 is 0. The lowest BCUT2D eigenvalue weighted by atomic mass is 9.96. The summed E-state index contributed by atoms with van der Waals surface area (Å²) < 4.78 is 5.94. The summed E-state index contributed by atoms with van der Waals surface area (Å²) in [5.74, 6) is 0. The van der Waals surface area contributed by atoms with E-state index in [1.165, 1.54) is 16.7 Å². The largest absolute Gasteiger partial charge is 0.411 e. The van der Waals surface area contributed by atoms with Gasteiger partial charge in [0.1, 0.15) is 0 Å². The van der Waals surface area contributed by atoms with E-state index in [0.29, 0.717) is 12.7 Å². The Labute approximate surface area is 108 Å². The second-order valence-corrected chi connectivity index (χ2v) is 5.17. The Morgan fingerprint density at radius 1 is 1.17 bits per heavy atom. The molecular weight excluding hydrogens is 226 g/mol. The normalized spacial score (nSPS) is 19.9. The zero-order valence-electron chi connectivity index (χ0n) is 11.1. The Morgan fingerprint density at radius 2 is 1.78 bits per heavy atom. The maximum atomic E-state index is 8.69. The van der Waals surface area contributed by atoms with Gasteiger partial charge in [0.2, 0.25) is 0 Å². The minimum atomic E-state index is 0.302. The molecule has 3 heteroatoms. The first-order chi connectivity index (χ1) is 8.67. The first-order valence-corrected chi connectivity index (χ1v) is 6.56. The summed E-state index contributed by atoms with van der Waals surface area (Å²) in [4.78, 5) is 0. The SMILES string of the molecule is Cc1cc(C)cc(COC2CCC(=NO)CC2)c1. The topological polar surface area (TPSA) is 41.8 Å². The number of hydrogen-bond acceptors (Lipinski definition) is 3. The highest BCUT2D eigenvalue weighted by atomic mass is 16.5. The van der Waals surface area contributed by atoms with Crippen LogP contribution in [0.15, 0.2) is 23.4 Å². The van der Waals surface area contributed by atoms with Gasteiger partial charge in [0.15, 0.2) is 0 Å². The minimum absolute atomic E-state index is 0.302. The van der Waals surface area contributed by atoms with Gasteiger partial charge >= 0.3 is 0 Å². The van der Waals surface area contributed by atoms with Crippen molar-refractivity contribution in [3.05, 3.63) is 34.9 Å². The number of hydrogen-bond donors (Lipinski definition) is 1. The van der Waals surface area contributed by atoms with Crippen LogP contribution in [0.5, 0.6) is 0 Å². The Kier molecular flexibility index (Phi) is 4.37. The molecule has 2 rings (SSSR count). The van der Waals surface area contributed by atoms with Crippen LogP contribution in [0.1, 0.15) is 42.4 Å². The molecule has 1 aromatic rings. The summed E-state index contributed by atoms with van der Waals surface area (Å²) in [6, 6.07) is 6.53. The molecule has 1 aliphatic rings. The fourth-order valence-corrected chi connectivity index (χ4v) is 2.56.